The first-order chi connectivity index (χ1) is 18.6. The van der Waals surface area contributed by atoms with E-state index in [1.54, 1.807) is 0 Å². The standard InChI is InChI=1S/C30H43N5O3/c1-31-24-12-16-34(21-24)14-4-19-37-27-10-11-28-29(20-27)38-30(32-28)23-6-8-26(9-7-23)36-18-5-15-35-17-13-25(22-35)33(2)3/h6-11,20,24-25,31H,4-5,12-19,21-22H2,1-3H3/t24-,25-/m1/s1. The molecule has 0 saturated carbocycles. The molecule has 3 aromatic rings. The highest BCUT2D eigenvalue weighted by Gasteiger charge is 2.23. The Labute approximate surface area is 226 Å². The summed E-state index contributed by atoms with van der Waals surface area (Å²) in [6, 6.07) is 15.2. The van der Waals surface area contributed by atoms with Crippen LogP contribution in [-0.2, 0) is 0 Å². The Bertz CT molecular complexity index is 1150. The van der Waals surface area contributed by atoms with Crippen LogP contribution < -0.4 is 14.8 Å². The van der Waals surface area contributed by atoms with Gasteiger partial charge in [-0.15, -0.1) is 0 Å². The number of oxazole rings is 1. The van der Waals surface area contributed by atoms with Crippen LogP contribution in [-0.4, -0.2) is 105 Å². The average molecular weight is 522 g/mol. The van der Waals surface area contributed by atoms with E-state index in [2.05, 4.69) is 39.1 Å². The summed E-state index contributed by atoms with van der Waals surface area (Å²) in [7, 11) is 6.39. The number of nitrogens with zero attached hydrogens (tertiary/aromatic N) is 4. The molecule has 0 unspecified atom stereocenters. The van der Waals surface area contributed by atoms with Crippen molar-refractivity contribution in [2.45, 2.75) is 37.8 Å². The monoisotopic (exact) mass is 521 g/mol. The van der Waals surface area contributed by atoms with Gasteiger partial charge in [-0.05, 0) is 96.3 Å². The molecule has 0 amide bonds. The molecule has 1 N–H and O–H groups in total. The number of hydrogen-bond donors (Lipinski definition) is 1. The van der Waals surface area contributed by atoms with Gasteiger partial charge in [0.1, 0.15) is 17.0 Å². The average Bonchev–Trinajstić information content (AvgIpc) is 3.69. The molecule has 2 aliphatic rings. The van der Waals surface area contributed by atoms with Crippen LogP contribution in [0.25, 0.3) is 22.6 Å². The van der Waals surface area contributed by atoms with E-state index < -0.39 is 0 Å². The third-order valence-corrected chi connectivity index (χ3v) is 7.89. The fourth-order valence-electron chi connectivity index (χ4n) is 5.48. The van der Waals surface area contributed by atoms with Crippen molar-refractivity contribution in [1.29, 1.82) is 0 Å². The van der Waals surface area contributed by atoms with Crippen molar-refractivity contribution < 1.29 is 13.9 Å². The van der Waals surface area contributed by atoms with Crippen LogP contribution in [0.15, 0.2) is 46.9 Å². The van der Waals surface area contributed by atoms with Gasteiger partial charge in [0.05, 0.1) is 13.2 Å². The van der Waals surface area contributed by atoms with Crippen molar-refractivity contribution >= 4 is 11.1 Å². The highest BCUT2D eigenvalue weighted by atomic mass is 16.5. The lowest BCUT2D eigenvalue weighted by molar-refractivity contribution is 0.242. The van der Waals surface area contributed by atoms with E-state index in [9.17, 15) is 0 Å². The largest absolute Gasteiger partial charge is 0.494 e. The highest BCUT2D eigenvalue weighted by Crippen LogP contribution is 2.28. The van der Waals surface area contributed by atoms with Gasteiger partial charge >= 0.3 is 0 Å². The smallest absolute Gasteiger partial charge is 0.227 e. The molecule has 2 aromatic carbocycles. The molecular formula is C30H43N5O3. The van der Waals surface area contributed by atoms with Crippen LogP contribution in [0.2, 0.25) is 0 Å². The summed E-state index contributed by atoms with van der Waals surface area (Å²) in [5, 5.41) is 3.37. The van der Waals surface area contributed by atoms with Crippen molar-refractivity contribution in [2.75, 3.05) is 73.6 Å². The van der Waals surface area contributed by atoms with Gasteiger partial charge in [0.15, 0.2) is 5.58 Å². The van der Waals surface area contributed by atoms with Gasteiger partial charge < -0.3 is 33.9 Å². The van der Waals surface area contributed by atoms with Crippen LogP contribution in [0.3, 0.4) is 0 Å². The summed E-state index contributed by atoms with van der Waals surface area (Å²) in [4.78, 5) is 12.0. The lowest BCUT2D eigenvalue weighted by Crippen LogP contribution is -2.32. The highest BCUT2D eigenvalue weighted by molar-refractivity contribution is 5.77. The van der Waals surface area contributed by atoms with Crippen molar-refractivity contribution in [3.05, 3.63) is 42.5 Å². The number of benzene rings is 2. The second kappa shape index (κ2) is 12.9. The van der Waals surface area contributed by atoms with Gasteiger partial charge in [-0.25, -0.2) is 4.98 Å². The molecule has 3 heterocycles. The minimum Gasteiger partial charge on any atom is -0.494 e. The second-order valence-electron chi connectivity index (χ2n) is 10.9. The summed E-state index contributed by atoms with van der Waals surface area (Å²) in [5.74, 6) is 2.31. The number of aromatic nitrogens is 1. The van der Waals surface area contributed by atoms with Crippen molar-refractivity contribution in [3.63, 3.8) is 0 Å². The molecule has 2 atom stereocenters. The third-order valence-electron chi connectivity index (χ3n) is 7.89. The first-order valence-corrected chi connectivity index (χ1v) is 14.1. The van der Waals surface area contributed by atoms with Crippen molar-refractivity contribution in [3.8, 4) is 23.0 Å². The lowest BCUT2D eigenvalue weighted by atomic mass is 10.2. The first-order valence-electron chi connectivity index (χ1n) is 14.1. The van der Waals surface area contributed by atoms with E-state index in [-0.39, 0.29) is 0 Å². The van der Waals surface area contributed by atoms with Crippen molar-refractivity contribution in [2.24, 2.45) is 0 Å². The Morgan fingerprint density at radius 3 is 2.29 bits per heavy atom. The second-order valence-corrected chi connectivity index (χ2v) is 10.9. The maximum atomic E-state index is 6.07. The summed E-state index contributed by atoms with van der Waals surface area (Å²) >= 11 is 0. The van der Waals surface area contributed by atoms with Gasteiger partial charge in [-0.3, -0.25) is 0 Å². The van der Waals surface area contributed by atoms with E-state index in [0.29, 0.717) is 24.6 Å². The number of hydrogen-bond acceptors (Lipinski definition) is 8. The van der Waals surface area contributed by atoms with Crippen LogP contribution in [0.4, 0.5) is 0 Å². The molecule has 0 aliphatic carbocycles. The number of likely N-dealkylation sites (tertiary alicyclic amines) is 2. The lowest BCUT2D eigenvalue weighted by Gasteiger charge is -2.20. The number of ether oxygens (including phenoxy) is 2. The number of nitrogens with one attached hydrogen (secondary N) is 1. The molecule has 5 rings (SSSR count). The SMILES string of the molecule is CN[C@@H]1CCN(CCCOc2ccc3nc(-c4ccc(OCCCN5CC[C@@H](N(C)C)C5)cc4)oc3c2)C1. The maximum Gasteiger partial charge on any atom is 0.227 e. The minimum atomic E-state index is 0.612. The van der Waals surface area contributed by atoms with Crippen LogP contribution >= 0.6 is 0 Å². The minimum absolute atomic E-state index is 0.612. The zero-order chi connectivity index (χ0) is 26.3. The summed E-state index contributed by atoms with van der Waals surface area (Å²) in [6.07, 6.45) is 4.54. The topological polar surface area (TPSA) is 66.2 Å². The Kier molecular flexibility index (Phi) is 9.17. The molecule has 0 radical (unpaired) electrons. The third kappa shape index (κ3) is 7.05. The van der Waals surface area contributed by atoms with Crippen LogP contribution in [0.1, 0.15) is 25.7 Å². The number of rotatable bonds is 13. The van der Waals surface area contributed by atoms with Gasteiger partial charge in [-0.1, -0.05) is 0 Å². The Morgan fingerprint density at radius 1 is 0.921 bits per heavy atom. The summed E-state index contributed by atoms with van der Waals surface area (Å²) < 4.78 is 18.1. The molecule has 2 fully saturated rings. The zero-order valence-corrected chi connectivity index (χ0v) is 23.2. The van der Waals surface area contributed by atoms with Gasteiger partial charge in [-0.2, -0.15) is 0 Å². The molecule has 1 aromatic heterocycles. The van der Waals surface area contributed by atoms with E-state index >= 15 is 0 Å². The molecule has 206 valence electrons. The fourth-order valence-corrected chi connectivity index (χ4v) is 5.48. The Hall–Kier alpha value is -2.65. The predicted molar refractivity (Wildman–Crippen MR) is 152 cm³/mol. The Morgan fingerprint density at radius 2 is 1.61 bits per heavy atom. The quantitative estimate of drug-likeness (QED) is 0.339. The molecule has 0 spiro atoms. The van der Waals surface area contributed by atoms with Gasteiger partial charge in [0.2, 0.25) is 5.89 Å². The fraction of sp³-hybridized carbons (Fsp3) is 0.567. The van der Waals surface area contributed by atoms with Gasteiger partial charge in [0.25, 0.3) is 0 Å². The maximum absolute atomic E-state index is 6.07. The molecule has 8 heteroatoms. The van der Waals surface area contributed by atoms with Crippen LogP contribution in [0.5, 0.6) is 11.5 Å². The van der Waals surface area contributed by atoms with E-state index in [4.69, 9.17) is 13.9 Å². The van der Waals surface area contributed by atoms with Gasteiger partial charge in [0, 0.05) is 49.9 Å². The molecular weight excluding hydrogens is 478 g/mol. The first kappa shape index (κ1) is 26.9. The summed E-state index contributed by atoms with van der Waals surface area (Å²) in [6.45, 7) is 8.23. The van der Waals surface area contributed by atoms with E-state index in [1.165, 1.54) is 25.9 Å². The molecule has 0 bridgehead atoms. The van der Waals surface area contributed by atoms with Crippen LogP contribution in [0, 0.1) is 0 Å². The van der Waals surface area contributed by atoms with Crippen molar-refractivity contribution in [1.82, 2.24) is 25.0 Å². The molecule has 2 aliphatic heterocycles. The predicted octanol–water partition coefficient (Wildman–Crippen LogP) is 3.96. The molecule has 2 saturated heterocycles. The summed E-state index contributed by atoms with van der Waals surface area (Å²) in [5.41, 5.74) is 2.52. The molecule has 38 heavy (non-hydrogen) atoms. The zero-order valence-electron chi connectivity index (χ0n) is 23.2. The normalized spacial score (nSPS) is 20.6. The van der Waals surface area contributed by atoms with E-state index in [0.717, 1.165) is 73.8 Å². The molecule has 8 nitrogen and oxygen atoms in total. The Balaban J connectivity index is 1.06. The number of fused-ring (bicyclic) bond motifs is 1. The number of likely N-dealkylation sites (N-methyl/N-ethyl adjacent to an activating group) is 2. The van der Waals surface area contributed by atoms with E-state index in [1.807, 2.05) is 49.5 Å².